The smallest absolute Gasteiger partial charge is 0.319 e. The van der Waals surface area contributed by atoms with Crippen LogP contribution in [0.1, 0.15) is 11.6 Å². The van der Waals surface area contributed by atoms with E-state index < -0.39 is 0 Å². The molecule has 0 saturated carbocycles. The molecule has 1 aromatic heterocycles. The van der Waals surface area contributed by atoms with Crippen LogP contribution in [-0.4, -0.2) is 50.8 Å². The van der Waals surface area contributed by atoms with Gasteiger partial charge in [-0.1, -0.05) is 12.1 Å². The number of hydrogen-bond acceptors (Lipinski definition) is 5. The minimum absolute atomic E-state index is 0.0230. The highest BCUT2D eigenvalue weighted by Crippen LogP contribution is 2.22. The molecule has 0 fully saturated rings. The normalized spacial score (nSPS) is 11.7. The Hall–Kier alpha value is -2.80. The molecule has 2 rings (SSSR count). The van der Waals surface area contributed by atoms with Gasteiger partial charge in [0.05, 0.1) is 32.1 Å². The van der Waals surface area contributed by atoms with E-state index in [1.807, 2.05) is 43.3 Å². The summed E-state index contributed by atoms with van der Waals surface area (Å²) in [5.41, 5.74) is 1.66. The Balaban J connectivity index is 1.96. The van der Waals surface area contributed by atoms with Gasteiger partial charge in [0.1, 0.15) is 5.75 Å². The van der Waals surface area contributed by atoms with Crippen LogP contribution in [-0.2, 0) is 0 Å². The lowest BCUT2D eigenvalue weighted by Gasteiger charge is -2.25. The predicted molar refractivity (Wildman–Crippen MR) is 97.2 cm³/mol. The summed E-state index contributed by atoms with van der Waals surface area (Å²) >= 11 is 0. The molecule has 7 nitrogen and oxygen atoms in total. The number of rotatable bonds is 7. The molecular formula is C18H24N4O3. The van der Waals surface area contributed by atoms with Crippen molar-refractivity contribution in [2.45, 2.75) is 6.04 Å². The Bertz CT molecular complexity index is 689. The average molecular weight is 344 g/mol. The van der Waals surface area contributed by atoms with E-state index in [4.69, 9.17) is 9.47 Å². The second-order valence-corrected chi connectivity index (χ2v) is 5.68. The largest absolute Gasteiger partial charge is 0.497 e. The quantitative estimate of drug-likeness (QED) is 0.807. The third-order valence-electron chi connectivity index (χ3n) is 3.76. The van der Waals surface area contributed by atoms with Crippen LogP contribution in [0.2, 0.25) is 0 Å². The van der Waals surface area contributed by atoms with E-state index in [9.17, 15) is 4.79 Å². The fraction of sp³-hybridized carbons (Fsp3) is 0.333. The first-order valence-corrected chi connectivity index (χ1v) is 7.88. The van der Waals surface area contributed by atoms with Crippen molar-refractivity contribution in [3.8, 4) is 11.6 Å². The van der Waals surface area contributed by atoms with Crippen molar-refractivity contribution in [2.24, 2.45) is 0 Å². The number of hydrogen-bond donors (Lipinski definition) is 2. The van der Waals surface area contributed by atoms with Crippen LogP contribution in [0.3, 0.4) is 0 Å². The van der Waals surface area contributed by atoms with Gasteiger partial charge in [-0.15, -0.1) is 0 Å². The summed E-state index contributed by atoms with van der Waals surface area (Å²) in [4.78, 5) is 18.2. The minimum Gasteiger partial charge on any atom is -0.497 e. The Morgan fingerprint density at radius 1 is 1.20 bits per heavy atom. The van der Waals surface area contributed by atoms with Crippen molar-refractivity contribution in [1.82, 2.24) is 15.2 Å². The average Bonchev–Trinajstić information content (AvgIpc) is 2.62. The standard InChI is InChI=1S/C18H24N4O3/c1-22(2)16(13-6-5-7-15(10-13)24-3)12-20-18(23)21-14-8-9-17(25-4)19-11-14/h5-11,16H,12H2,1-4H3,(H2,20,21,23). The van der Waals surface area contributed by atoms with Gasteiger partial charge in [0.2, 0.25) is 5.88 Å². The zero-order chi connectivity index (χ0) is 18.2. The number of urea groups is 1. The molecule has 0 bridgehead atoms. The third kappa shape index (κ3) is 5.36. The number of nitrogens with zero attached hydrogens (tertiary/aromatic N) is 2. The van der Waals surface area contributed by atoms with E-state index in [0.717, 1.165) is 11.3 Å². The molecule has 0 aliphatic rings. The van der Waals surface area contributed by atoms with Gasteiger partial charge >= 0.3 is 6.03 Å². The molecular weight excluding hydrogens is 320 g/mol. The lowest BCUT2D eigenvalue weighted by atomic mass is 10.1. The summed E-state index contributed by atoms with van der Waals surface area (Å²) in [6.07, 6.45) is 1.55. The second-order valence-electron chi connectivity index (χ2n) is 5.68. The fourth-order valence-corrected chi connectivity index (χ4v) is 2.39. The number of aromatic nitrogens is 1. The molecule has 1 heterocycles. The van der Waals surface area contributed by atoms with Crippen molar-refractivity contribution >= 4 is 11.7 Å². The van der Waals surface area contributed by atoms with Crippen LogP contribution >= 0.6 is 0 Å². The summed E-state index contributed by atoms with van der Waals surface area (Å²) in [6, 6.07) is 11.0. The van der Waals surface area contributed by atoms with Gasteiger partial charge in [-0.25, -0.2) is 9.78 Å². The summed E-state index contributed by atoms with van der Waals surface area (Å²) in [5, 5.41) is 5.64. The molecule has 0 saturated heterocycles. The molecule has 1 unspecified atom stereocenters. The van der Waals surface area contributed by atoms with Gasteiger partial charge in [-0.3, -0.25) is 0 Å². The third-order valence-corrected chi connectivity index (χ3v) is 3.76. The van der Waals surface area contributed by atoms with Gasteiger partial charge in [-0.2, -0.15) is 0 Å². The van der Waals surface area contributed by atoms with Crippen LogP contribution in [0.4, 0.5) is 10.5 Å². The van der Waals surface area contributed by atoms with E-state index in [1.165, 1.54) is 0 Å². The zero-order valence-electron chi connectivity index (χ0n) is 14.9. The first-order valence-electron chi connectivity index (χ1n) is 7.88. The van der Waals surface area contributed by atoms with E-state index in [0.29, 0.717) is 18.1 Å². The number of anilines is 1. The van der Waals surface area contributed by atoms with E-state index in [-0.39, 0.29) is 12.1 Å². The summed E-state index contributed by atoms with van der Waals surface area (Å²) in [5.74, 6) is 1.29. The Kier molecular flexibility index (Phi) is 6.59. The number of carbonyl (C=O) groups excluding carboxylic acids is 1. The number of amides is 2. The molecule has 2 N–H and O–H groups in total. The summed E-state index contributed by atoms with van der Waals surface area (Å²) in [6.45, 7) is 0.454. The molecule has 1 atom stereocenters. The van der Waals surface area contributed by atoms with Crippen LogP contribution < -0.4 is 20.1 Å². The lowest BCUT2D eigenvalue weighted by molar-refractivity contribution is 0.243. The minimum atomic E-state index is -0.290. The molecule has 0 spiro atoms. The molecule has 2 amide bonds. The predicted octanol–water partition coefficient (Wildman–Crippen LogP) is 2.52. The van der Waals surface area contributed by atoms with E-state index in [2.05, 4.69) is 15.6 Å². The highest BCUT2D eigenvalue weighted by atomic mass is 16.5. The molecule has 134 valence electrons. The molecule has 0 aliphatic carbocycles. The van der Waals surface area contributed by atoms with Crippen molar-refractivity contribution in [1.29, 1.82) is 0 Å². The zero-order valence-corrected chi connectivity index (χ0v) is 14.9. The Morgan fingerprint density at radius 2 is 2.00 bits per heavy atom. The number of pyridine rings is 1. The number of benzene rings is 1. The van der Waals surface area contributed by atoms with Gasteiger partial charge in [0.15, 0.2) is 0 Å². The van der Waals surface area contributed by atoms with Crippen molar-refractivity contribution in [3.05, 3.63) is 48.2 Å². The van der Waals surface area contributed by atoms with Crippen LogP contribution in [0.15, 0.2) is 42.6 Å². The Labute approximate surface area is 148 Å². The van der Waals surface area contributed by atoms with Crippen molar-refractivity contribution in [2.75, 3.05) is 40.2 Å². The maximum absolute atomic E-state index is 12.1. The topological polar surface area (TPSA) is 75.7 Å². The van der Waals surface area contributed by atoms with E-state index in [1.54, 1.807) is 32.5 Å². The molecule has 1 aromatic carbocycles. The molecule has 2 aromatic rings. The first kappa shape index (κ1) is 18.5. The summed E-state index contributed by atoms with van der Waals surface area (Å²) in [7, 11) is 7.12. The summed E-state index contributed by atoms with van der Waals surface area (Å²) < 4.78 is 10.3. The van der Waals surface area contributed by atoms with Gasteiger partial charge < -0.3 is 25.0 Å². The van der Waals surface area contributed by atoms with Gasteiger partial charge in [0, 0.05) is 12.6 Å². The highest BCUT2D eigenvalue weighted by Gasteiger charge is 2.16. The number of ether oxygens (including phenoxy) is 2. The number of likely N-dealkylation sites (N-methyl/N-ethyl adjacent to an activating group) is 1. The molecule has 0 aliphatic heterocycles. The SMILES string of the molecule is COc1cccc(C(CNC(=O)Nc2ccc(OC)nc2)N(C)C)c1. The first-order chi connectivity index (χ1) is 12.0. The van der Waals surface area contributed by atoms with Crippen LogP contribution in [0, 0.1) is 0 Å². The van der Waals surface area contributed by atoms with Crippen molar-refractivity contribution < 1.29 is 14.3 Å². The van der Waals surface area contributed by atoms with Crippen LogP contribution in [0.25, 0.3) is 0 Å². The van der Waals surface area contributed by atoms with Crippen LogP contribution in [0.5, 0.6) is 11.6 Å². The van der Waals surface area contributed by atoms with Gasteiger partial charge in [0.25, 0.3) is 0 Å². The monoisotopic (exact) mass is 344 g/mol. The highest BCUT2D eigenvalue weighted by molar-refractivity contribution is 5.89. The number of methoxy groups -OCH3 is 2. The molecule has 7 heteroatoms. The Morgan fingerprint density at radius 3 is 2.60 bits per heavy atom. The molecule has 0 radical (unpaired) electrons. The number of carbonyl (C=O) groups is 1. The lowest BCUT2D eigenvalue weighted by Crippen LogP contribution is -2.36. The maximum atomic E-state index is 12.1. The fourth-order valence-electron chi connectivity index (χ4n) is 2.39. The van der Waals surface area contributed by atoms with E-state index >= 15 is 0 Å². The maximum Gasteiger partial charge on any atom is 0.319 e. The second kappa shape index (κ2) is 8.89. The number of nitrogens with one attached hydrogen (secondary N) is 2. The molecule has 25 heavy (non-hydrogen) atoms. The van der Waals surface area contributed by atoms with Crippen molar-refractivity contribution in [3.63, 3.8) is 0 Å². The van der Waals surface area contributed by atoms with Gasteiger partial charge in [-0.05, 0) is 37.9 Å².